The van der Waals surface area contributed by atoms with Crippen LogP contribution in [-0.2, 0) is 7.05 Å². The maximum Gasteiger partial charge on any atom is 0.318 e. The molecular weight excluding hydrogens is 260 g/mol. The summed E-state index contributed by atoms with van der Waals surface area (Å²) in [6, 6.07) is 1.69. The Morgan fingerprint density at radius 1 is 1.45 bits per heavy atom. The highest BCUT2D eigenvalue weighted by molar-refractivity contribution is 5.68. The lowest BCUT2D eigenvalue weighted by molar-refractivity contribution is -0.385. The van der Waals surface area contributed by atoms with Gasteiger partial charge in [-0.3, -0.25) is 14.8 Å². The Balaban J connectivity index is 2.55. The van der Waals surface area contributed by atoms with Crippen LogP contribution in [0.5, 0.6) is 0 Å². The zero-order valence-corrected chi connectivity index (χ0v) is 11.6. The van der Waals surface area contributed by atoms with Gasteiger partial charge in [0.1, 0.15) is 11.4 Å². The summed E-state index contributed by atoms with van der Waals surface area (Å²) in [4.78, 5) is 19.1. The second-order valence-corrected chi connectivity index (χ2v) is 4.39. The van der Waals surface area contributed by atoms with E-state index in [9.17, 15) is 10.1 Å². The molecule has 0 aromatic carbocycles. The molecule has 0 atom stereocenters. The van der Waals surface area contributed by atoms with E-state index in [4.69, 9.17) is 0 Å². The van der Waals surface area contributed by atoms with Crippen molar-refractivity contribution >= 4 is 11.6 Å². The lowest BCUT2D eigenvalue weighted by atomic mass is 10.2. The van der Waals surface area contributed by atoms with Crippen molar-refractivity contribution in [3.8, 4) is 11.4 Å². The fourth-order valence-corrected chi connectivity index (χ4v) is 1.82. The van der Waals surface area contributed by atoms with Gasteiger partial charge >= 0.3 is 5.69 Å². The smallest absolute Gasteiger partial charge is 0.318 e. The van der Waals surface area contributed by atoms with Crippen molar-refractivity contribution in [1.29, 1.82) is 0 Å². The fourth-order valence-electron chi connectivity index (χ4n) is 1.82. The lowest BCUT2D eigenvalue weighted by Crippen LogP contribution is -2.09. The topological polar surface area (TPSA) is 98.8 Å². The third-order valence-electron chi connectivity index (χ3n) is 2.73. The molecule has 8 heteroatoms. The molecule has 1 N–H and O–H groups in total. The lowest BCUT2D eigenvalue weighted by Gasteiger charge is -2.07. The highest BCUT2D eigenvalue weighted by atomic mass is 16.6. The van der Waals surface area contributed by atoms with Gasteiger partial charge in [-0.2, -0.15) is 5.10 Å². The minimum Gasteiger partial charge on any atom is -0.354 e. The van der Waals surface area contributed by atoms with Crippen LogP contribution in [-0.4, -0.2) is 31.2 Å². The van der Waals surface area contributed by atoms with E-state index in [1.165, 1.54) is 0 Å². The molecule has 0 amide bonds. The molecule has 0 fully saturated rings. The monoisotopic (exact) mass is 276 g/mol. The van der Waals surface area contributed by atoms with Gasteiger partial charge in [-0.05, 0) is 19.4 Å². The molecule has 0 aliphatic heterocycles. The number of aryl methyl sites for hydroxylation is 2. The highest BCUT2D eigenvalue weighted by Gasteiger charge is 2.24. The molecular formula is C12H16N6O2. The molecule has 2 heterocycles. The van der Waals surface area contributed by atoms with E-state index in [1.54, 1.807) is 30.9 Å². The molecule has 0 saturated heterocycles. The number of aromatic nitrogens is 4. The van der Waals surface area contributed by atoms with Gasteiger partial charge in [0.05, 0.1) is 4.92 Å². The standard InChI is InChI=1S/C12H16N6O2/c1-4-6-13-12-14-8(2)11(18(19)20)10(15-12)9-5-7-17(3)16-9/h5,7H,4,6H2,1-3H3,(H,13,14,15). The summed E-state index contributed by atoms with van der Waals surface area (Å²) in [7, 11) is 1.75. The van der Waals surface area contributed by atoms with Crippen LogP contribution in [0.2, 0.25) is 0 Å². The van der Waals surface area contributed by atoms with Crippen LogP contribution in [0.3, 0.4) is 0 Å². The zero-order chi connectivity index (χ0) is 14.7. The minimum atomic E-state index is -0.469. The Bertz CT molecular complexity index is 637. The van der Waals surface area contributed by atoms with Crippen molar-refractivity contribution < 1.29 is 4.92 Å². The van der Waals surface area contributed by atoms with Crippen LogP contribution in [0, 0.1) is 17.0 Å². The van der Waals surface area contributed by atoms with Crippen LogP contribution in [0.15, 0.2) is 12.3 Å². The average Bonchev–Trinajstić information content (AvgIpc) is 2.81. The largest absolute Gasteiger partial charge is 0.354 e. The average molecular weight is 276 g/mol. The summed E-state index contributed by atoms with van der Waals surface area (Å²) in [5, 5.41) is 18.4. The number of nitrogens with one attached hydrogen (secondary N) is 1. The van der Waals surface area contributed by atoms with E-state index in [2.05, 4.69) is 20.4 Å². The molecule has 0 aliphatic rings. The SMILES string of the molecule is CCCNc1nc(C)c([N+](=O)[O-])c(-c2ccn(C)n2)n1. The summed E-state index contributed by atoms with van der Waals surface area (Å²) < 4.78 is 1.58. The van der Waals surface area contributed by atoms with Crippen LogP contribution in [0.4, 0.5) is 11.6 Å². The van der Waals surface area contributed by atoms with E-state index >= 15 is 0 Å². The van der Waals surface area contributed by atoms with Crippen molar-refractivity contribution in [2.24, 2.45) is 7.05 Å². The quantitative estimate of drug-likeness (QED) is 0.661. The minimum absolute atomic E-state index is 0.106. The number of hydrogen-bond donors (Lipinski definition) is 1. The van der Waals surface area contributed by atoms with Gasteiger partial charge in [0.15, 0.2) is 5.69 Å². The summed E-state index contributed by atoms with van der Waals surface area (Å²) in [5.41, 5.74) is 0.918. The van der Waals surface area contributed by atoms with E-state index in [-0.39, 0.29) is 11.4 Å². The van der Waals surface area contributed by atoms with E-state index in [0.717, 1.165) is 6.42 Å². The molecule has 2 aromatic heterocycles. The third-order valence-corrected chi connectivity index (χ3v) is 2.73. The van der Waals surface area contributed by atoms with Gasteiger partial charge in [0.25, 0.3) is 0 Å². The Labute approximate surface area is 116 Å². The fraction of sp³-hybridized carbons (Fsp3) is 0.417. The summed E-state index contributed by atoms with van der Waals surface area (Å²) >= 11 is 0. The first-order valence-corrected chi connectivity index (χ1v) is 6.29. The number of rotatable bonds is 5. The molecule has 2 rings (SSSR count). The molecule has 0 saturated carbocycles. The second kappa shape index (κ2) is 5.64. The Morgan fingerprint density at radius 2 is 2.20 bits per heavy atom. The molecule has 8 nitrogen and oxygen atoms in total. The molecule has 20 heavy (non-hydrogen) atoms. The van der Waals surface area contributed by atoms with E-state index in [0.29, 0.717) is 23.9 Å². The number of nitro groups is 1. The predicted octanol–water partition coefficient (Wildman–Crippen LogP) is 1.92. The molecule has 0 unspecified atom stereocenters. The van der Waals surface area contributed by atoms with Crippen LogP contribution in [0.25, 0.3) is 11.4 Å². The maximum atomic E-state index is 11.2. The van der Waals surface area contributed by atoms with Crippen LogP contribution in [0.1, 0.15) is 19.0 Å². The van der Waals surface area contributed by atoms with Crippen LogP contribution >= 0.6 is 0 Å². The third kappa shape index (κ3) is 2.73. The summed E-state index contributed by atoms with van der Waals surface area (Å²) in [6.07, 6.45) is 2.63. The number of hydrogen-bond acceptors (Lipinski definition) is 6. The van der Waals surface area contributed by atoms with Crippen molar-refractivity contribution in [1.82, 2.24) is 19.7 Å². The summed E-state index contributed by atoms with van der Waals surface area (Å²) in [6.45, 7) is 4.33. The Kier molecular flexibility index (Phi) is 3.92. The van der Waals surface area contributed by atoms with Crippen LogP contribution < -0.4 is 5.32 Å². The Hall–Kier alpha value is -2.51. The van der Waals surface area contributed by atoms with E-state index in [1.807, 2.05) is 6.92 Å². The first-order valence-electron chi connectivity index (χ1n) is 6.29. The number of anilines is 1. The molecule has 0 aliphatic carbocycles. The first kappa shape index (κ1) is 13.9. The van der Waals surface area contributed by atoms with Crippen molar-refractivity contribution in [3.63, 3.8) is 0 Å². The van der Waals surface area contributed by atoms with Crippen molar-refractivity contribution in [3.05, 3.63) is 28.1 Å². The Morgan fingerprint density at radius 3 is 2.75 bits per heavy atom. The first-order chi connectivity index (χ1) is 9.52. The normalized spacial score (nSPS) is 10.6. The highest BCUT2D eigenvalue weighted by Crippen LogP contribution is 2.29. The predicted molar refractivity (Wildman–Crippen MR) is 74.4 cm³/mol. The van der Waals surface area contributed by atoms with Crippen molar-refractivity contribution in [2.75, 3.05) is 11.9 Å². The van der Waals surface area contributed by atoms with Gasteiger partial charge in [0, 0.05) is 19.8 Å². The van der Waals surface area contributed by atoms with Gasteiger partial charge in [0.2, 0.25) is 5.95 Å². The molecule has 0 spiro atoms. The van der Waals surface area contributed by atoms with E-state index < -0.39 is 4.92 Å². The summed E-state index contributed by atoms with van der Waals surface area (Å²) in [5.74, 6) is 0.385. The number of nitrogens with zero attached hydrogens (tertiary/aromatic N) is 5. The van der Waals surface area contributed by atoms with Gasteiger partial charge in [-0.25, -0.2) is 9.97 Å². The molecule has 0 radical (unpaired) electrons. The van der Waals surface area contributed by atoms with Crippen molar-refractivity contribution in [2.45, 2.75) is 20.3 Å². The van der Waals surface area contributed by atoms with Gasteiger partial charge in [-0.1, -0.05) is 6.92 Å². The molecule has 106 valence electrons. The van der Waals surface area contributed by atoms with Gasteiger partial charge in [-0.15, -0.1) is 0 Å². The molecule has 0 bridgehead atoms. The zero-order valence-electron chi connectivity index (χ0n) is 11.6. The maximum absolute atomic E-state index is 11.2. The molecule has 2 aromatic rings. The second-order valence-electron chi connectivity index (χ2n) is 4.39. The van der Waals surface area contributed by atoms with Gasteiger partial charge < -0.3 is 5.32 Å².